The lowest BCUT2D eigenvalue weighted by molar-refractivity contribution is 0.299. The second-order valence-corrected chi connectivity index (χ2v) is 5.77. The Morgan fingerprint density at radius 3 is 2.38 bits per heavy atom. The van der Waals surface area contributed by atoms with Crippen LogP contribution in [0.15, 0.2) is 0 Å². The van der Waals surface area contributed by atoms with E-state index in [1.807, 2.05) is 0 Å². The lowest BCUT2D eigenvalue weighted by Crippen LogP contribution is -2.11. The van der Waals surface area contributed by atoms with Crippen LogP contribution in [0.4, 0.5) is 0 Å². The fraction of sp³-hybridized carbons (Fsp3) is 1.00. The molecular formula is C13H26. The Morgan fingerprint density at radius 2 is 1.92 bits per heavy atom. The molecule has 0 aromatic carbocycles. The van der Waals surface area contributed by atoms with E-state index in [0.29, 0.717) is 0 Å². The van der Waals surface area contributed by atoms with E-state index in [1.165, 1.54) is 25.7 Å². The Morgan fingerprint density at radius 1 is 1.31 bits per heavy atom. The molecule has 1 aliphatic carbocycles. The minimum Gasteiger partial charge on any atom is -0.0654 e. The largest absolute Gasteiger partial charge is 0.0654 e. The Kier molecular flexibility index (Phi) is 3.43. The van der Waals surface area contributed by atoms with Gasteiger partial charge in [0.15, 0.2) is 0 Å². The normalized spacial score (nSPS) is 35.1. The summed E-state index contributed by atoms with van der Waals surface area (Å²) in [7, 11) is 0. The molecule has 1 saturated carbocycles. The van der Waals surface area contributed by atoms with Crippen LogP contribution in [-0.4, -0.2) is 0 Å². The predicted molar refractivity (Wildman–Crippen MR) is 59.7 cm³/mol. The van der Waals surface area contributed by atoms with Gasteiger partial charge in [0.1, 0.15) is 0 Å². The van der Waals surface area contributed by atoms with Crippen LogP contribution < -0.4 is 0 Å². The molecule has 1 fully saturated rings. The van der Waals surface area contributed by atoms with Crippen molar-refractivity contribution >= 4 is 0 Å². The minimum absolute atomic E-state index is 0.722. The summed E-state index contributed by atoms with van der Waals surface area (Å²) in [5, 5.41) is 0. The Hall–Kier alpha value is 0. The Balaban J connectivity index is 2.30. The highest BCUT2D eigenvalue weighted by Crippen LogP contribution is 2.58. The molecule has 0 N–H and O–H groups in total. The zero-order valence-electron chi connectivity index (χ0n) is 10.1. The van der Waals surface area contributed by atoms with Crippen molar-refractivity contribution in [2.75, 3.05) is 0 Å². The molecule has 0 nitrogen and oxygen atoms in total. The number of hydrogen-bond acceptors (Lipinski definition) is 0. The van der Waals surface area contributed by atoms with E-state index in [9.17, 15) is 0 Å². The quantitative estimate of drug-likeness (QED) is 0.587. The summed E-state index contributed by atoms with van der Waals surface area (Å²) in [6.07, 6.45) is 5.78. The highest BCUT2D eigenvalue weighted by Gasteiger charge is 2.49. The van der Waals surface area contributed by atoms with Gasteiger partial charge >= 0.3 is 0 Å². The topological polar surface area (TPSA) is 0 Å². The van der Waals surface area contributed by atoms with Crippen LogP contribution >= 0.6 is 0 Å². The van der Waals surface area contributed by atoms with Crippen molar-refractivity contribution in [2.24, 2.45) is 23.2 Å². The molecule has 0 aromatic rings. The lowest BCUT2D eigenvalue weighted by Gasteiger charge is -2.20. The Bertz CT molecular complexity index is 159. The fourth-order valence-electron chi connectivity index (χ4n) is 2.52. The Labute approximate surface area is 84.1 Å². The molecule has 0 spiro atoms. The van der Waals surface area contributed by atoms with E-state index in [-0.39, 0.29) is 0 Å². The van der Waals surface area contributed by atoms with Crippen molar-refractivity contribution in [1.82, 2.24) is 0 Å². The standard InChI is InChI=1S/C13H26/c1-6-7-12-9-13(12,5)8-11(4)10(2)3/h10-12H,6-9H2,1-5H3. The van der Waals surface area contributed by atoms with Crippen LogP contribution in [0.5, 0.6) is 0 Å². The summed E-state index contributed by atoms with van der Waals surface area (Å²) < 4.78 is 0. The molecule has 0 bridgehead atoms. The highest BCUT2D eigenvalue weighted by atomic mass is 14.5. The maximum Gasteiger partial charge on any atom is -0.0292 e. The molecular weight excluding hydrogens is 156 g/mol. The molecule has 0 amide bonds. The molecule has 3 atom stereocenters. The minimum atomic E-state index is 0.722. The number of hydrogen-bond donors (Lipinski definition) is 0. The number of rotatable bonds is 5. The van der Waals surface area contributed by atoms with E-state index in [2.05, 4.69) is 34.6 Å². The monoisotopic (exact) mass is 182 g/mol. The van der Waals surface area contributed by atoms with Gasteiger partial charge in [-0.15, -0.1) is 0 Å². The van der Waals surface area contributed by atoms with Crippen LogP contribution in [0, 0.1) is 23.2 Å². The van der Waals surface area contributed by atoms with Crippen LogP contribution in [0.3, 0.4) is 0 Å². The van der Waals surface area contributed by atoms with Crippen LogP contribution in [0.2, 0.25) is 0 Å². The smallest absolute Gasteiger partial charge is 0.0292 e. The van der Waals surface area contributed by atoms with Crippen LogP contribution in [0.1, 0.15) is 60.3 Å². The average Bonchev–Trinajstić information content (AvgIpc) is 2.62. The van der Waals surface area contributed by atoms with Gasteiger partial charge < -0.3 is 0 Å². The van der Waals surface area contributed by atoms with E-state index in [4.69, 9.17) is 0 Å². The molecule has 0 heterocycles. The maximum absolute atomic E-state index is 2.49. The van der Waals surface area contributed by atoms with Gasteiger partial charge in [-0.25, -0.2) is 0 Å². The van der Waals surface area contributed by atoms with Crippen molar-refractivity contribution in [3.63, 3.8) is 0 Å². The first-order valence-electron chi connectivity index (χ1n) is 5.99. The molecule has 0 aliphatic heterocycles. The van der Waals surface area contributed by atoms with Gasteiger partial charge in [-0.3, -0.25) is 0 Å². The molecule has 0 aromatic heterocycles. The molecule has 13 heavy (non-hydrogen) atoms. The molecule has 1 aliphatic rings. The summed E-state index contributed by atoms with van der Waals surface area (Å²) in [5.74, 6) is 2.82. The van der Waals surface area contributed by atoms with Gasteiger partial charge in [0.2, 0.25) is 0 Å². The van der Waals surface area contributed by atoms with Crippen LogP contribution in [-0.2, 0) is 0 Å². The lowest BCUT2D eigenvalue weighted by atomic mass is 9.85. The first-order chi connectivity index (χ1) is 5.99. The van der Waals surface area contributed by atoms with Gasteiger partial charge in [0.25, 0.3) is 0 Å². The third-order valence-corrected chi connectivity index (χ3v) is 4.10. The van der Waals surface area contributed by atoms with Crippen molar-refractivity contribution in [3.8, 4) is 0 Å². The van der Waals surface area contributed by atoms with Gasteiger partial charge in [-0.05, 0) is 36.0 Å². The molecule has 3 unspecified atom stereocenters. The van der Waals surface area contributed by atoms with E-state index in [1.54, 1.807) is 0 Å². The van der Waals surface area contributed by atoms with Crippen molar-refractivity contribution < 1.29 is 0 Å². The van der Waals surface area contributed by atoms with Crippen LogP contribution in [0.25, 0.3) is 0 Å². The highest BCUT2D eigenvalue weighted by molar-refractivity contribution is 4.99. The molecule has 78 valence electrons. The van der Waals surface area contributed by atoms with Crippen molar-refractivity contribution in [1.29, 1.82) is 0 Å². The predicted octanol–water partition coefficient (Wildman–Crippen LogP) is 4.49. The molecule has 1 rings (SSSR count). The zero-order chi connectivity index (χ0) is 10.1. The molecule has 0 heteroatoms. The summed E-state index contributed by atoms with van der Waals surface area (Å²) >= 11 is 0. The summed E-state index contributed by atoms with van der Waals surface area (Å²) in [5.41, 5.74) is 0.722. The van der Waals surface area contributed by atoms with Crippen molar-refractivity contribution in [2.45, 2.75) is 60.3 Å². The summed E-state index contributed by atoms with van der Waals surface area (Å²) in [4.78, 5) is 0. The molecule has 0 radical (unpaired) electrons. The summed E-state index contributed by atoms with van der Waals surface area (Å²) in [6, 6.07) is 0. The average molecular weight is 182 g/mol. The van der Waals surface area contributed by atoms with Gasteiger partial charge in [0, 0.05) is 0 Å². The first kappa shape index (κ1) is 11.1. The van der Waals surface area contributed by atoms with Gasteiger partial charge in [-0.1, -0.05) is 47.5 Å². The fourth-order valence-corrected chi connectivity index (χ4v) is 2.52. The molecule has 0 saturated heterocycles. The zero-order valence-corrected chi connectivity index (χ0v) is 10.1. The maximum atomic E-state index is 2.49. The summed E-state index contributed by atoms with van der Waals surface area (Å²) in [6.45, 7) is 11.9. The van der Waals surface area contributed by atoms with Gasteiger partial charge in [0.05, 0.1) is 0 Å². The second-order valence-electron chi connectivity index (χ2n) is 5.77. The van der Waals surface area contributed by atoms with E-state index < -0.39 is 0 Å². The van der Waals surface area contributed by atoms with E-state index >= 15 is 0 Å². The van der Waals surface area contributed by atoms with Crippen molar-refractivity contribution in [3.05, 3.63) is 0 Å². The second kappa shape index (κ2) is 4.02. The third kappa shape index (κ3) is 2.72. The first-order valence-corrected chi connectivity index (χ1v) is 5.99. The van der Waals surface area contributed by atoms with Gasteiger partial charge in [-0.2, -0.15) is 0 Å². The third-order valence-electron chi connectivity index (χ3n) is 4.10. The van der Waals surface area contributed by atoms with E-state index in [0.717, 1.165) is 23.2 Å². The SMILES string of the molecule is CCCC1CC1(C)CC(C)C(C)C.